The van der Waals surface area contributed by atoms with Crippen LogP contribution < -0.4 is 14.8 Å². The molecule has 0 unspecified atom stereocenters. The lowest BCUT2D eigenvalue weighted by atomic mass is 9.87. The van der Waals surface area contributed by atoms with Crippen molar-refractivity contribution in [1.82, 2.24) is 5.32 Å². The molecular weight excluding hydrogens is 286 g/mol. The van der Waals surface area contributed by atoms with Crippen LogP contribution in [0.25, 0.3) is 0 Å². The fourth-order valence-electron chi connectivity index (χ4n) is 2.56. The molecule has 0 aliphatic rings. The van der Waals surface area contributed by atoms with Crippen LogP contribution >= 0.6 is 0 Å². The van der Waals surface area contributed by atoms with E-state index in [0.29, 0.717) is 0 Å². The van der Waals surface area contributed by atoms with E-state index in [1.54, 1.807) is 14.2 Å². The third-order valence-corrected chi connectivity index (χ3v) is 3.95. The van der Waals surface area contributed by atoms with E-state index in [2.05, 4.69) is 56.4 Å². The van der Waals surface area contributed by atoms with E-state index in [1.165, 1.54) is 11.1 Å². The predicted octanol–water partition coefficient (Wildman–Crippen LogP) is 4.29. The second kappa shape index (κ2) is 7.51. The Balaban J connectivity index is 1.98. The smallest absolute Gasteiger partial charge is 0.165 e. The van der Waals surface area contributed by atoms with Crippen molar-refractivity contribution in [1.29, 1.82) is 0 Å². The normalized spacial score (nSPS) is 11.3. The summed E-state index contributed by atoms with van der Waals surface area (Å²) in [5, 5.41) is 3.47. The number of methoxy groups -OCH3 is 2. The zero-order valence-corrected chi connectivity index (χ0v) is 14.8. The molecule has 23 heavy (non-hydrogen) atoms. The molecule has 0 amide bonds. The quantitative estimate of drug-likeness (QED) is 0.863. The number of hydrogen-bond acceptors (Lipinski definition) is 3. The van der Waals surface area contributed by atoms with Gasteiger partial charge in [-0.3, -0.25) is 0 Å². The van der Waals surface area contributed by atoms with Gasteiger partial charge in [-0.05, 0) is 22.6 Å². The zero-order valence-electron chi connectivity index (χ0n) is 14.8. The maximum absolute atomic E-state index is 5.46. The molecule has 124 valence electrons. The van der Waals surface area contributed by atoms with Gasteiger partial charge < -0.3 is 14.8 Å². The molecule has 0 radical (unpaired) electrons. The highest BCUT2D eigenvalue weighted by Gasteiger charge is 2.13. The van der Waals surface area contributed by atoms with Crippen LogP contribution in [0.4, 0.5) is 0 Å². The Bertz CT molecular complexity index is 627. The number of benzene rings is 2. The Morgan fingerprint density at radius 3 is 2.13 bits per heavy atom. The minimum Gasteiger partial charge on any atom is -0.493 e. The van der Waals surface area contributed by atoms with Gasteiger partial charge in [-0.1, -0.05) is 57.2 Å². The third kappa shape index (κ3) is 4.49. The average molecular weight is 313 g/mol. The molecule has 2 rings (SSSR count). The van der Waals surface area contributed by atoms with Gasteiger partial charge in [0.1, 0.15) is 0 Å². The van der Waals surface area contributed by atoms with Crippen molar-refractivity contribution in [3.63, 3.8) is 0 Å². The molecule has 0 heterocycles. The molecule has 0 aromatic heterocycles. The molecule has 0 aliphatic carbocycles. The van der Waals surface area contributed by atoms with Gasteiger partial charge in [-0.15, -0.1) is 0 Å². The van der Waals surface area contributed by atoms with Crippen LogP contribution in [0.15, 0.2) is 42.5 Å². The summed E-state index contributed by atoms with van der Waals surface area (Å²) in [6.45, 7) is 8.26. The first-order valence-electron chi connectivity index (χ1n) is 7.95. The van der Waals surface area contributed by atoms with Crippen molar-refractivity contribution in [3.05, 3.63) is 59.2 Å². The third-order valence-electron chi connectivity index (χ3n) is 3.95. The lowest BCUT2D eigenvalue weighted by molar-refractivity contribution is 0.350. The molecular formula is C20H27NO2. The van der Waals surface area contributed by atoms with Crippen LogP contribution in [0.1, 0.15) is 37.5 Å². The Kier molecular flexibility index (Phi) is 5.67. The second-order valence-corrected chi connectivity index (χ2v) is 6.70. The van der Waals surface area contributed by atoms with E-state index >= 15 is 0 Å². The summed E-state index contributed by atoms with van der Waals surface area (Å²) in [5.41, 5.74) is 3.92. The maximum atomic E-state index is 5.46. The number of para-hydroxylation sites is 1. The highest BCUT2D eigenvalue weighted by atomic mass is 16.5. The van der Waals surface area contributed by atoms with Gasteiger partial charge in [0.05, 0.1) is 14.2 Å². The Morgan fingerprint density at radius 1 is 0.870 bits per heavy atom. The Morgan fingerprint density at radius 2 is 1.57 bits per heavy atom. The monoisotopic (exact) mass is 313 g/mol. The fraction of sp³-hybridized carbons (Fsp3) is 0.400. The first-order chi connectivity index (χ1) is 11.0. The Labute approximate surface area is 139 Å². The van der Waals surface area contributed by atoms with Crippen molar-refractivity contribution < 1.29 is 9.47 Å². The van der Waals surface area contributed by atoms with E-state index in [1.807, 2.05) is 12.1 Å². The predicted molar refractivity (Wildman–Crippen MR) is 95.2 cm³/mol. The number of ether oxygens (including phenoxy) is 2. The molecule has 0 saturated heterocycles. The van der Waals surface area contributed by atoms with Crippen molar-refractivity contribution in [2.24, 2.45) is 0 Å². The van der Waals surface area contributed by atoms with Gasteiger partial charge in [0.15, 0.2) is 11.5 Å². The van der Waals surface area contributed by atoms with Crippen LogP contribution in [0.5, 0.6) is 11.5 Å². The molecule has 0 atom stereocenters. The van der Waals surface area contributed by atoms with E-state index in [-0.39, 0.29) is 5.41 Å². The molecule has 1 N–H and O–H groups in total. The summed E-state index contributed by atoms with van der Waals surface area (Å²) in [4.78, 5) is 0. The molecule has 0 fully saturated rings. The molecule has 0 saturated carbocycles. The van der Waals surface area contributed by atoms with Gasteiger partial charge in [0, 0.05) is 18.7 Å². The first kappa shape index (κ1) is 17.4. The van der Waals surface area contributed by atoms with E-state index < -0.39 is 0 Å². The van der Waals surface area contributed by atoms with Crippen molar-refractivity contribution in [3.8, 4) is 11.5 Å². The standard InChI is InChI=1S/C20H27NO2/c1-20(2,3)17-11-9-15(10-12-17)13-21-14-16-7-6-8-18(22-4)19(16)23-5/h6-12,21H,13-14H2,1-5H3. The molecule has 2 aromatic rings. The van der Waals surface area contributed by atoms with Crippen molar-refractivity contribution in [2.45, 2.75) is 39.3 Å². The lowest BCUT2D eigenvalue weighted by Gasteiger charge is -2.19. The van der Waals surface area contributed by atoms with E-state index in [9.17, 15) is 0 Å². The topological polar surface area (TPSA) is 30.5 Å². The van der Waals surface area contributed by atoms with Crippen molar-refractivity contribution >= 4 is 0 Å². The molecule has 0 aliphatic heterocycles. The van der Waals surface area contributed by atoms with Crippen molar-refractivity contribution in [2.75, 3.05) is 14.2 Å². The number of nitrogens with one attached hydrogen (secondary N) is 1. The maximum Gasteiger partial charge on any atom is 0.165 e. The minimum atomic E-state index is 0.194. The highest BCUT2D eigenvalue weighted by Crippen LogP contribution is 2.30. The largest absolute Gasteiger partial charge is 0.493 e. The average Bonchev–Trinajstić information content (AvgIpc) is 2.54. The van der Waals surface area contributed by atoms with Crippen LogP contribution in [0.3, 0.4) is 0 Å². The number of hydrogen-bond donors (Lipinski definition) is 1. The van der Waals surface area contributed by atoms with Crippen LogP contribution in [-0.2, 0) is 18.5 Å². The molecule has 0 bridgehead atoms. The Hall–Kier alpha value is -2.00. The SMILES string of the molecule is COc1cccc(CNCc2ccc(C(C)(C)C)cc2)c1OC. The second-order valence-electron chi connectivity index (χ2n) is 6.70. The zero-order chi connectivity index (χ0) is 16.9. The van der Waals surface area contributed by atoms with E-state index in [0.717, 1.165) is 30.2 Å². The summed E-state index contributed by atoms with van der Waals surface area (Å²) >= 11 is 0. The summed E-state index contributed by atoms with van der Waals surface area (Å²) in [6.07, 6.45) is 0. The van der Waals surface area contributed by atoms with Gasteiger partial charge >= 0.3 is 0 Å². The number of rotatable bonds is 6. The summed E-state index contributed by atoms with van der Waals surface area (Å²) in [6, 6.07) is 14.8. The van der Waals surface area contributed by atoms with Gasteiger partial charge in [-0.2, -0.15) is 0 Å². The first-order valence-corrected chi connectivity index (χ1v) is 7.95. The van der Waals surface area contributed by atoms with Crippen LogP contribution in [0.2, 0.25) is 0 Å². The molecule has 2 aromatic carbocycles. The summed E-state index contributed by atoms with van der Waals surface area (Å²) in [5.74, 6) is 1.56. The molecule has 3 heteroatoms. The van der Waals surface area contributed by atoms with E-state index in [4.69, 9.17) is 9.47 Å². The molecule has 0 spiro atoms. The van der Waals surface area contributed by atoms with Gasteiger partial charge in [0.2, 0.25) is 0 Å². The molecule has 3 nitrogen and oxygen atoms in total. The lowest BCUT2D eigenvalue weighted by Crippen LogP contribution is -2.14. The summed E-state index contributed by atoms with van der Waals surface area (Å²) in [7, 11) is 3.33. The van der Waals surface area contributed by atoms with Gasteiger partial charge in [0.25, 0.3) is 0 Å². The fourth-order valence-corrected chi connectivity index (χ4v) is 2.56. The van der Waals surface area contributed by atoms with Gasteiger partial charge in [-0.25, -0.2) is 0 Å². The van der Waals surface area contributed by atoms with Crippen LogP contribution in [0, 0.1) is 0 Å². The van der Waals surface area contributed by atoms with Crippen LogP contribution in [-0.4, -0.2) is 14.2 Å². The minimum absolute atomic E-state index is 0.194. The summed E-state index contributed by atoms with van der Waals surface area (Å²) < 4.78 is 10.8. The highest BCUT2D eigenvalue weighted by molar-refractivity contribution is 5.46.